The Labute approximate surface area is 141 Å². The molecule has 134 valence electrons. The van der Waals surface area contributed by atoms with Crippen molar-refractivity contribution in [3.8, 4) is 12.1 Å². The van der Waals surface area contributed by atoms with E-state index in [1.54, 1.807) is 0 Å². The van der Waals surface area contributed by atoms with Crippen molar-refractivity contribution >= 4 is 8.09 Å². The van der Waals surface area contributed by atoms with Gasteiger partial charge in [-0.1, -0.05) is 0 Å². The molecule has 0 rings (SSSR count). The topological polar surface area (TPSA) is 78.5 Å². The quantitative estimate of drug-likeness (QED) is 0.436. The van der Waals surface area contributed by atoms with E-state index in [0.29, 0.717) is 0 Å². The van der Waals surface area contributed by atoms with Crippen molar-refractivity contribution in [2.45, 2.75) is 79.0 Å². The first kappa shape index (κ1) is 22.2. The molecule has 0 aromatic heterocycles. The second kappa shape index (κ2) is 10.2. The van der Waals surface area contributed by atoms with Crippen LogP contribution < -0.4 is 0 Å². The zero-order valence-electron chi connectivity index (χ0n) is 15.5. The Kier molecular flexibility index (Phi) is 9.85. The predicted molar refractivity (Wildman–Crippen MR) is 93.6 cm³/mol. The van der Waals surface area contributed by atoms with E-state index < -0.39 is 13.7 Å². The van der Waals surface area contributed by atoms with Crippen molar-refractivity contribution in [2.75, 3.05) is 13.2 Å². The first-order valence-electron chi connectivity index (χ1n) is 8.10. The Morgan fingerprint density at radius 1 is 0.913 bits per heavy atom. The molecular weight excluding hydrogens is 313 g/mol. The van der Waals surface area contributed by atoms with E-state index in [2.05, 4.69) is 44.5 Å². The summed E-state index contributed by atoms with van der Waals surface area (Å²) >= 11 is 0. The van der Waals surface area contributed by atoms with E-state index in [0.717, 1.165) is 0 Å². The van der Waals surface area contributed by atoms with Crippen molar-refractivity contribution < 1.29 is 13.6 Å². The van der Waals surface area contributed by atoms with E-state index in [1.807, 2.05) is 20.8 Å². The van der Waals surface area contributed by atoms with Crippen LogP contribution in [0.2, 0.25) is 0 Å². The average Bonchev–Trinajstić information content (AvgIpc) is 2.36. The van der Waals surface area contributed by atoms with Gasteiger partial charge in [-0.2, -0.15) is 0 Å². The third-order valence-electron chi connectivity index (χ3n) is 2.86. The fourth-order valence-electron chi connectivity index (χ4n) is 2.37. The third-order valence-corrected chi connectivity index (χ3v) is 6.53. The number of nitriles is 2. The zero-order chi connectivity index (χ0) is 18.1. The summed E-state index contributed by atoms with van der Waals surface area (Å²) in [5.74, 6) is 0. The first-order chi connectivity index (χ1) is 10.6. The summed E-state index contributed by atoms with van der Waals surface area (Å²) in [5.41, 5.74) is -0.465. The van der Waals surface area contributed by atoms with E-state index >= 15 is 0 Å². The van der Waals surface area contributed by atoms with Gasteiger partial charge in [0.25, 0.3) is 0 Å². The minimum atomic E-state index is -3.23. The van der Waals surface area contributed by atoms with Crippen molar-refractivity contribution in [3.05, 3.63) is 0 Å². The fourth-order valence-corrected chi connectivity index (χ4v) is 5.73. The second-order valence-corrected chi connectivity index (χ2v) is 9.19. The molecular formula is C16H32N3O3P. The van der Waals surface area contributed by atoms with Crippen LogP contribution in [0.15, 0.2) is 0 Å². The summed E-state index contributed by atoms with van der Waals surface area (Å²) in [4.78, 5) is 0. The van der Waals surface area contributed by atoms with E-state index in [9.17, 15) is 0 Å². The Bertz CT molecular complexity index is 394. The molecule has 0 heterocycles. The van der Waals surface area contributed by atoms with Gasteiger partial charge in [0.15, 0.2) is 0 Å². The van der Waals surface area contributed by atoms with Gasteiger partial charge in [0.05, 0.1) is 0 Å². The molecule has 0 aromatic rings. The van der Waals surface area contributed by atoms with Gasteiger partial charge < -0.3 is 0 Å². The zero-order valence-corrected chi connectivity index (χ0v) is 16.5. The van der Waals surface area contributed by atoms with Gasteiger partial charge in [-0.25, -0.2) is 0 Å². The first-order valence-corrected chi connectivity index (χ1v) is 9.77. The summed E-state index contributed by atoms with van der Waals surface area (Å²) in [6, 6.07) is 4.46. The van der Waals surface area contributed by atoms with Crippen LogP contribution in [0, 0.1) is 22.7 Å². The summed E-state index contributed by atoms with van der Waals surface area (Å²) in [6.45, 7) is 14.6. The second-order valence-electron chi connectivity index (χ2n) is 6.85. The Morgan fingerprint density at radius 3 is 1.57 bits per heavy atom. The van der Waals surface area contributed by atoms with Crippen LogP contribution in [-0.2, 0) is 13.6 Å². The number of nitrogens with zero attached hydrogens (tertiary/aromatic N) is 3. The van der Waals surface area contributed by atoms with Gasteiger partial charge in [0.2, 0.25) is 0 Å². The molecule has 7 heteroatoms. The predicted octanol–water partition coefficient (Wildman–Crippen LogP) is 4.19. The van der Waals surface area contributed by atoms with Crippen LogP contribution in [-0.4, -0.2) is 35.6 Å². The molecule has 0 spiro atoms. The molecule has 0 saturated carbocycles. The third kappa shape index (κ3) is 8.06. The normalized spacial score (nSPS) is 13.4. The molecule has 0 aliphatic heterocycles. The summed E-state index contributed by atoms with van der Waals surface area (Å²) in [5, 5.41) is 17.6. The average molecular weight is 345 g/mol. The Morgan fingerprint density at radius 2 is 1.30 bits per heavy atom. The van der Waals surface area contributed by atoms with Gasteiger partial charge in [0.1, 0.15) is 0 Å². The van der Waals surface area contributed by atoms with Crippen LogP contribution in [0.4, 0.5) is 0 Å². The van der Waals surface area contributed by atoms with Crippen molar-refractivity contribution in [1.82, 2.24) is 4.67 Å². The Balaban J connectivity index is 5.67. The molecule has 6 nitrogen and oxygen atoms in total. The van der Waals surface area contributed by atoms with E-state index in [4.69, 9.17) is 24.1 Å². The molecule has 0 radical (unpaired) electrons. The molecule has 0 amide bonds. The van der Waals surface area contributed by atoms with Crippen LogP contribution in [0.3, 0.4) is 0 Å². The molecule has 0 N–H and O–H groups in total. The molecule has 0 aliphatic carbocycles. The molecule has 0 aliphatic rings. The van der Waals surface area contributed by atoms with Crippen LogP contribution in [0.5, 0.6) is 0 Å². The molecule has 0 aromatic carbocycles. The fraction of sp³-hybridized carbons (Fsp3) is 0.875. The van der Waals surface area contributed by atoms with Gasteiger partial charge in [-0.05, 0) is 0 Å². The van der Waals surface area contributed by atoms with Gasteiger partial charge >= 0.3 is 141 Å². The molecule has 0 unspecified atom stereocenters. The standard InChI is InChI=1S/C16H32N3O3P/c1-14(2)19(15(3)4)23(20-12-8-10-17,21-13-9-11-18)22-16(5,6)7/h14-15,23H,8-9,12-13H2,1-7H3. The molecule has 0 atom stereocenters. The Hall–Kier alpha value is -0.750. The van der Waals surface area contributed by atoms with E-state index in [-0.39, 0.29) is 38.1 Å². The summed E-state index contributed by atoms with van der Waals surface area (Å²) < 4.78 is 20.6. The van der Waals surface area contributed by atoms with Gasteiger partial charge in [-0.15, -0.1) is 0 Å². The summed E-state index contributed by atoms with van der Waals surface area (Å²) in [7, 11) is -3.23. The molecule has 23 heavy (non-hydrogen) atoms. The van der Waals surface area contributed by atoms with E-state index in [1.165, 1.54) is 0 Å². The maximum atomic E-state index is 8.81. The number of hydrogen-bond acceptors (Lipinski definition) is 6. The van der Waals surface area contributed by atoms with Crippen molar-refractivity contribution in [3.63, 3.8) is 0 Å². The van der Waals surface area contributed by atoms with Crippen LogP contribution in [0.1, 0.15) is 61.3 Å². The van der Waals surface area contributed by atoms with Crippen molar-refractivity contribution in [1.29, 1.82) is 10.5 Å². The van der Waals surface area contributed by atoms with Gasteiger partial charge in [0, 0.05) is 0 Å². The molecule has 0 bridgehead atoms. The number of hydrogen-bond donors (Lipinski definition) is 0. The molecule has 0 saturated heterocycles. The van der Waals surface area contributed by atoms with Crippen LogP contribution in [0.25, 0.3) is 0 Å². The van der Waals surface area contributed by atoms with Crippen LogP contribution >= 0.6 is 8.09 Å². The number of rotatable bonds is 10. The minimum absolute atomic E-state index is 0.146. The maximum absolute atomic E-state index is 8.81. The molecule has 0 fully saturated rings. The van der Waals surface area contributed by atoms with Crippen molar-refractivity contribution in [2.24, 2.45) is 0 Å². The SMILES string of the molecule is CC(C)N(C(C)C)[PH](OCCC#N)(OCCC#N)OC(C)(C)C. The monoisotopic (exact) mass is 345 g/mol. The summed E-state index contributed by atoms with van der Waals surface area (Å²) in [6.07, 6.45) is 0.543. The van der Waals surface area contributed by atoms with Gasteiger partial charge in [-0.3, -0.25) is 0 Å².